The molecule has 1 amide bonds. The standard InChI is InChI=1S/C14H17N3O/c1-14(2,11-6-4-3-5-7-11)10-17-13(18)12-15-8-9-16-12/h3-9H,10H2,1-2H3,(H,15,16)(H,17,18). The van der Waals surface area contributed by atoms with E-state index in [1.807, 2.05) is 18.2 Å². The molecule has 0 aliphatic heterocycles. The molecule has 1 aromatic carbocycles. The zero-order chi connectivity index (χ0) is 13.0. The van der Waals surface area contributed by atoms with Gasteiger partial charge in [-0.15, -0.1) is 0 Å². The third kappa shape index (κ3) is 2.77. The topological polar surface area (TPSA) is 57.8 Å². The quantitative estimate of drug-likeness (QED) is 0.864. The second-order valence-corrected chi connectivity index (χ2v) is 4.87. The lowest BCUT2D eigenvalue weighted by atomic mass is 9.84. The van der Waals surface area contributed by atoms with Gasteiger partial charge in [-0.05, 0) is 5.56 Å². The molecular formula is C14H17N3O. The minimum absolute atomic E-state index is 0.108. The first-order valence-corrected chi connectivity index (χ1v) is 5.93. The van der Waals surface area contributed by atoms with E-state index in [2.05, 4.69) is 41.3 Å². The summed E-state index contributed by atoms with van der Waals surface area (Å²) in [5, 5.41) is 2.89. The molecule has 1 heterocycles. The molecule has 0 radical (unpaired) electrons. The molecule has 0 spiro atoms. The van der Waals surface area contributed by atoms with Crippen molar-refractivity contribution in [2.45, 2.75) is 19.3 Å². The highest BCUT2D eigenvalue weighted by molar-refractivity contribution is 5.90. The maximum Gasteiger partial charge on any atom is 0.287 e. The first kappa shape index (κ1) is 12.4. The molecule has 0 unspecified atom stereocenters. The third-order valence-electron chi connectivity index (χ3n) is 2.96. The second kappa shape index (κ2) is 5.04. The van der Waals surface area contributed by atoms with Crippen LogP contribution in [0.2, 0.25) is 0 Å². The summed E-state index contributed by atoms with van der Waals surface area (Å²) in [5.74, 6) is 0.169. The Kier molecular flexibility index (Phi) is 3.46. The number of imidazole rings is 1. The van der Waals surface area contributed by atoms with Gasteiger partial charge in [-0.2, -0.15) is 0 Å². The van der Waals surface area contributed by atoms with Crippen molar-refractivity contribution in [3.8, 4) is 0 Å². The normalized spacial score (nSPS) is 11.2. The smallest absolute Gasteiger partial charge is 0.287 e. The van der Waals surface area contributed by atoms with Crippen molar-refractivity contribution >= 4 is 5.91 Å². The van der Waals surface area contributed by atoms with Crippen LogP contribution in [0.4, 0.5) is 0 Å². The van der Waals surface area contributed by atoms with Crippen LogP contribution in [-0.2, 0) is 5.41 Å². The average molecular weight is 243 g/mol. The van der Waals surface area contributed by atoms with Crippen molar-refractivity contribution in [1.82, 2.24) is 15.3 Å². The first-order chi connectivity index (χ1) is 8.59. The lowest BCUT2D eigenvalue weighted by molar-refractivity contribution is 0.0936. The second-order valence-electron chi connectivity index (χ2n) is 4.87. The average Bonchev–Trinajstić information content (AvgIpc) is 2.91. The lowest BCUT2D eigenvalue weighted by Gasteiger charge is -2.25. The summed E-state index contributed by atoms with van der Waals surface area (Å²) in [6.07, 6.45) is 3.20. The van der Waals surface area contributed by atoms with Gasteiger partial charge >= 0.3 is 0 Å². The maximum atomic E-state index is 11.8. The van der Waals surface area contributed by atoms with E-state index in [1.54, 1.807) is 12.4 Å². The molecule has 0 aliphatic rings. The Morgan fingerprint density at radius 2 is 2.06 bits per heavy atom. The van der Waals surface area contributed by atoms with Crippen LogP contribution in [0.1, 0.15) is 30.0 Å². The Morgan fingerprint density at radius 3 is 2.67 bits per heavy atom. The summed E-state index contributed by atoms with van der Waals surface area (Å²) >= 11 is 0. The SMILES string of the molecule is CC(C)(CNC(=O)c1ncc[nH]1)c1ccccc1. The summed E-state index contributed by atoms with van der Waals surface area (Å²) < 4.78 is 0. The molecule has 2 rings (SSSR count). The molecule has 0 atom stereocenters. The number of hydrogen-bond donors (Lipinski definition) is 2. The molecule has 1 aromatic heterocycles. The number of aromatic amines is 1. The van der Waals surface area contributed by atoms with Crippen LogP contribution in [0.3, 0.4) is 0 Å². The maximum absolute atomic E-state index is 11.8. The van der Waals surface area contributed by atoms with Gasteiger partial charge in [0.2, 0.25) is 0 Å². The van der Waals surface area contributed by atoms with Crippen molar-refractivity contribution < 1.29 is 4.79 Å². The Hall–Kier alpha value is -2.10. The van der Waals surface area contributed by atoms with E-state index in [0.29, 0.717) is 12.4 Å². The van der Waals surface area contributed by atoms with Crippen molar-refractivity contribution in [3.05, 3.63) is 54.1 Å². The van der Waals surface area contributed by atoms with E-state index in [4.69, 9.17) is 0 Å². The summed E-state index contributed by atoms with van der Waals surface area (Å²) in [4.78, 5) is 18.5. The van der Waals surface area contributed by atoms with Crippen LogP contribution < -0.4 is 5.32 Å². The highest BCUT2D eigenvalue weighted by atomic mass is 16.2. The number of nitrogens with zero attached hydrogens (tertiary/aromatic N) is 1. The van der Waals surface area contributed by atoms with Gasteiger partial charge in [0.05, 0.1) is 0 Å². The number of amides is 1. The van der Waals surface area contributed by atoms with Gasteiger partial charge < -0.3 is 10.3 Å². The molecule has 4 heteroatoms. The van der Waals surface area contributed by atoms with Crippen LogP contribution in [0.25, 0.3) is 0 Å². The fourth-order valence-corrected chi connectivity index (χ4v) is 1.77. The molecule has 18 heavy (non-hydrogen) atoms. The van der Waals surface area contributed by atoms with E-state index < -0.39 is 0 Å². The van der Waals surface area contributed by atoms with Gasteiger partial charge in [0.1, 0.15) is 0 Å². The largest absolute Gasteiger partial charge is 0.349 e. The van der Waals surface area contributed by atoms with Gasteiger partial charge in [0.15, 0.2) is 5.82 Å². The Bertz CT molecular complexity index is 503. The van der Waals surface area contributed by atoms with E-state index in [-0.39, 0.29) is 11.3 Å². The minimum atomic E-state index is -0.177. The molecule has 4 nitrogen and oxygen atoms in total. The molecule has 0 bridgehead atoms. The molecule has 2 aromatic rings. The van der Waals surface area contributed by atoms with E-state index in [0.717, 1.165) is 0 Å². The van der Waals surface area contributed by atoms with Gasteiger partial charge in [-0.1, -0.05) is 44.2 Å². The lowest BCUT2D eigenvalue weighted by Crippen LogP contribution is -2.37. The van der Waals surface area contributed by atoms with Gasteiger partial charge in [0.25, 0.3) is 5.91 Å². The molecule has 0 saturated carbocycles. The van der Waals surface area contributed by atoms with Crippen LogP contribution in [0.5, 0.6) is 0 Å². The molecule has 94 valence electrons. The zero-order valence-electron chi connectivity index (χ0n) is 10.6. The predicted octanol–water partition coefficient (Wildman–Crippen LogP) is 2.12. The monoisotopic (exact) mass is 243 g/mol. The highest BCUT2D eigenvalue weighted by Crippen LogP contribution is 2.21. The summed E-state index contributed by atoms with van der Waals surface area (Å²) in [6, 6.07) is 10.1. The van der Waals surface area contributed by atoms with Gasteiger partial charge in [-0.25, -0.2) is 4.98 Å². The van der Waals surface area contributed by atoms with E-state index in [1.165, 1.54) is 5.56 Å². The number of H-pyrrole nitrogens is 1. The Labute approximate surface area is 106 Å². The van der Waals surface area contributed by atoms with E-state index in [9.17, 15) is 4.79 Å². The molecule has 0 fully saturated rings. The number of benzene rings is 1. The third-order valence-corrected chi connectivity index (χ3v) is 2.96. The molecular weight excluding hydrogens is 226 g/mol. The summed E-state index contributed by atoms with van der Waals surface area (Å²) in [5.41, 5.74) is 1.09. The van der Waals surface area contributed by atoms with Gasteiger partial charge in [0, 0.05) is 24.4 Å². The van der Waals surface area contributed by atoms with Crippen LogP contribution in [-0.4, -0.2) is 22.4 Å². The summed E-state index contributed by atoms with van der Waals surface area (Å²) in [7, 11) is 0. The molecule has 0 saturated heterocycles. The fourth-order valence-electron chi connectivity index (χ4n) is 1.77. The number of nitrogens with one attached hydrogen (secondary N) is 2. The highest BCUT2D eigenvalue weighted by Gasteiger charge is 2.21. The Morgan fingerprint density at radius 1 is 1.33 bits per heavy atom. The van der Waals surface area contributed by atoms with Crippen molar-refractivity contribution in [2.75, 3.05) is 6.54 Å². The van der Waals surface area contributed by atoms with Crippen molar-refractivity contribution in [1.29, 1.82) is 0 Å². The van der Waals surface area contributed by atoms with Crippen LogP contribution >= 0.6 is 0 Å². The van der Waals surface area contributed by atoms with Crippen molar-refractivity contribution in [2.24, 2.45) is 0 Å². The number of hydrogen-bond acceptors (Lipinski definition) is 2. The van der Waals surface area contributed by atoms with Crippen molar-refractivity contribution in [3.63, 3.8) is 0 Å². The molecule has 0 aliphatic carbocycles. The zero-order valence-corrected chi connectivity index (χ0v) is 10.6. The number of rotatable bonds is 4. The number of carbonyl (C=O) groups is 1. The predicted molar refractivity (Wildman–Crippen MR) is 70.4 cm³/mol. The number of aromatic nitrogens is 2. The van der Waals surface area contributed by atoms with Gasteiger partial charge in [-0.3, -0.25) is 4.79 Å². The van der Waals surface area contributed by atoms with E-state index >= 15 is 0 Å². The summed E-state index contributed by atoms with van der Waals surface area (Å²) in [6.45, 7) is 4.77. The molecule has 2 N–H and O–H groups in total. The Balaban J connectivity index is 1.99. The first-order valence-electron chi connectivity index (χ1n) is 5.93. The van der Waals surface area contributed by atoms with Crippen LogP contribution in [0, 0.1) is 0 Å². The minimum Gasteiger partial charge on any atom is -0.349 e. The van der Waals surface area contributed by atoms with Crippen LogP contribution in [0.15, 0.2) is 42.7 Å². The fraction of sp³-hybridized carbons (Fsp3) is 0.286. The number of carbonyl (C=O) groups excluding carboxylic acids is 1.